The fourth-order valence-corrected chi connectivity index (χ4v) is 2.60. The summed E-state index contributed by atoms with van der Waals surface area (Å²) in [6.45, 7) is 4.59. The van der Waals surface area contributed by atoms with Crippen molar-refractivity contribution in [2.24, 2.45) is 0 Å². The van der Waals surface area contributed by atoms with E-state index in [-0.39, 0.29) is 12.5 Å². The van der Waals surface area contributed by atoms with Crippen LogP contribution in [0.1, 0.15) is 30.9 Å². The van der Waals surface area contributed by atoms with Gasteiger partial charge in [0.05, 0.1) is 11.3 Å². The Kier molecular flexibility index (Phi) is 5.97. The van der Waals surface area contributed by atoms with Gasteiger partial charge in [-0.2, -0.15) is 13.2 Å². The molecule has 0 unspecified atom stereocenters. The summed E-state index contributed by atoms with van der Waals surface area (Å²) in [5.74, 6) is 0.235. The van der Waals surface area contributed by atoms with Crippen molar-refractivity contribution < 1.29 is 37.0 Å². The van der Waals surface area contributed by atoms with E-state index in [4.69, 9.17) is 13.9 Å². The zero-order valence-corrected chi connectivity index (χ0v) is 17.0. The maximum absolute atomic E-state index is 12.7. The van der Waals surface area contributed by atoms with E-state index in [0.717, 1.165) is 12.1 Å². The van der Waals surface area contributed by atoms with E-state index in [0.29, 0.717) is 28.5 Å². The van der Waals surface area contributed by atoms with Crippen LogP contribution in [0.25, 0.3) is 11.5 Å². The zero-order valence-electron chi connectivity index (χ0n) is 17.0. The molecule has 0 amide bonds. The van der Waals surface area contributed by atoms with Crippen LogP contribution in [0.15, 0.2) is 52.9 Å². The molecular formula is C22H20F3NO5. The summed E-state index contributed by atoms with van der Waals surface area (Å²) in [6.07, 6.45) is -4.41. The summed E-state index contributed by atoms with van der Waals surface area (Å²) < 4.78 is 55.0. The van der Waals surface area contributed by atoms with Gasteiger partial charge in [-0.3, -0.25) is 0 Å². The van der Waals surface area contributed by atoms with Gasteiger partial charge in [-0.1, -0.05) is 6.07 Å². The molecule has 1 N–H and O–H groups in total. The number of aryl methyl sites for hydroxylation is 1. The molecule has 0 radical (unpaired) electrons. The van der Waals surface area contributed by atoms with Crippen LogP contribution in [0, 0.1) is 6.92 Å². The summed E-state index contributed by atoms with van der Waals surface area (Å²) in [6, 6.07) is 11.0. The Bertz CT molecular complexity index is 1070. The third-order valence-electron chi connectivity index (χ3n) is 4.42. The van der Waals surface area contributed by atoms with Gasteiger partial charge in [0.15, 0.2) is 11.4 Å². The molecule has 0 saturated heterocycles. The SMILES string of the molecule is Cc1nc(-c2ccc(C(F)(F)F)cc2)oc1COc1cccc(OC(C)(C)C(=O)O)c1. The molecule has 6 nitrogen and oxygen atoms in total. The Hall–Kier alpha value is -3.49. The van der Waals surface area contributed by atoms with E-state index in [1.807, 2.05) is 0 Å². The number of oxazole rings is 1. The highest BCUT2D eigenvalue weighted by Crippen LogP contribution is 2.31. The van der Waals surface area contributed by atoms with Gasteiger partial charge in [0.25, 0.3) is 0 Å². The molecule has 0 saturated carbocycles. The highest BCUT2D eigenvalue weighted by molar-refractivity contribution is 5.76. The van der Waals surface area contributed by atoms with Crippen LogP contribution >= 0.6 is 0 Å². The van der Waals surface area contributed by atoms with Gasteiger partial charge in [-0.15, -0.1) is 0 Å². The lowest BCUT2D eigenvalue weighted by Crippen LogP contribution is -2.37. The number of ether oxygens (including phenoxy) is 2. The van der Waals surface area contributed by atoms with E-state index in [1.54, 1.807) is 31.2 Å². The number of rotatable bonds is 7. The molecule has 1 heterocycles. The van der Waals surface area contributed by atoms with Crippen molar-refractivity contribution in [1.82, 2.24) is 4.98 Å². The molecule has 1 aromatic heterocycles. The van der Waals surface area contributed by atoms with Crippen LogP contribution in [-0.4, -0.2) is 21.7 Å². The first-order chi connectivity index (χ1) is 14.5. The normalized spacial score (nSPS) is 11.9. The Morgan fingerprint density at radius 2 is 1.74 bits per heavy atom. The van der Waals surface area contributed by atoms with Gasteiger partial charge >= 0.3 is 12.1 Å². The summed E-state index contributed by atoms with van der Waals surface area (Å²) in [5.41, 5.74) is -1.21. The molecule has 0 fully saturated rings. The molecule has 164 valence electrons. The van der Waals surface area contributed by atoms with Crippen molar-refractivity contribution in [3.63, 3.8) is 0 Å². The molecule has 2 aromatic carbocycles. The van der Waals surface area contributed by atoms with Crippen molar-refractivity contribution in [1.29, 1.82) is 0 Å². The van der Waals surface area contributed by atoms with Gasteiger partial charge in [0.2, 0.25) is 5.89 Å². The average molecular weight is 435 g/mol. The smallest absolute Gasteiger partial charge is 0.416 e. The number of alkyl halides is 3. The second-order valence-electron chi connectivity index (χ2n) is 7.28. The first kappa shape index (κ1) is 22.2. The number of hydrogen-bond donors (Lipinski definition) is 1. The third kappa shape index (κ3) is 5.36. The number of carboxylic acids is 1. The van der Waals surface area contributed by atoms with Gasteiger partial charge in [0, 0.05) is 11.6 Å². The largest absolute Gasteiger partial charge is 0.485 e. The molecule has 0 aliphatic carbocycles. The zero-order chi connectivity index (χ0) is 22.8. The van der Waals surface area contributed by atoms with Crippen molar-refractivity contribution in [3.05, 3.63) is 65.5 Å². The monoisotopic (exact) mass is 435 g/mol. The predicted molar refractivity (Wildman–Crippen MR) is 105 cm³/mol. The van der Waals surface area contributed by atoms with Crippen LogP contribution in [0.5, 0.6) is 11.5 Å². The number of carboxylic acid groups (broad SMARTS) is 1. The molecule has 0 spiro atoms. The summed E-state index contributed by atoms with van der Waals surface area (Å²) in [4.78, 5) is 15.5. The number of hydrogen-bond acceptors (Lipinski definition) is 5. The van der Waals surface area contributed by atoms with Crippen LogP contribution in [0.3, 0.4) is 0 Å². The Labute approximate surface area is 176 Å². The fourth-order valence-electron chi connectivity index (χ4n) is 2.60. The number of aromatic nitrogens is 1. The Balaban J connectivity index is 1.70. The minimum atomic E-state index is -4.41. The maximum atomic E-state index is 12.7. The lowest BCUT2D eigenvalue weighted by Gasteiger charge is -2.21. The van der Waals surface area contributed by atoms with Crippen molar-refractivity contribution in [2.45, 2.75) is 39.2 Å². The third-order valence-corrected chi connectivity index (χ3v) is 4.42. The molecule has 0 aliphatic heterocycles. The number of nitrogens with zero attached hydrogens (tertiary/aromatic N) is 1. The van der Waals surface area contributed by atoms with Gasteiger partial charge in [-0.05, 0) is 57.2 Å². The van der Waals surface area contributed by atoms with E-state index in [9.17, 15) is 23.1 Å². The molecule has 0 aliphatic rings. The van der Waals surface area contributed by atoms with E-state index in [1.165, 1.54) is 26.0 Å². The van der Waals surface area contributed by atoms with Crippen molar-refractivity contribution >= 4 is 5.97 Å². The average Bonchev–Trinajstić information content (AvgIpc) is 3.06. The predicted octanol–water partition coefficient (Wildman–Crippen LogP) is 5.49. The molecular weight excluding hydrogens is 415 g/mol. The first-order valence-electron chi connectivity index (χ1n) is 9.25. The second kappa shape index (κ2) is 8.33. The summed E-state index contributed by atoms with van der Waals surface area (Å²) >= 11 is 0. The van der Waals surface area contributed by atoms with Gasteiger partial charge in [0.1, 0.15) is 18.1 Å². The summed E-state index contributed by atoms with van der Waals surface area (Å²) in [7, 11) is 0. The fraction of sp³-hybridized carbons (Fsp3) is 0.273. The van der Waals surface area contributed by atoms with Gasteiger partial charge in [-0.25, -0.2) is 9.78 Å². The standard InChI is InChI=1S/C22H20F3NO5/c1-13-18(30-19(26-13)14-7-9-15(10-8-14)22(23,24)25)12-29-16-5-4-6-17(11-16)31-21(2,3)20(27)28/h4-11H,12H2,1-3H3,(H,27,28). The quantitative estimate of drug-likeness (QED) is 0.529. The molecule has 3 rings (SSSR count). The molecule has 3 aromatic rings. The molecule has 0 bridgehead atoms. The van der Waals surface area contributed by atoms with Crippen molar-refractivity contribution in [3.8, 4) is 23.0 Å². The number of carbonyl (C=O) groups is 1. The minimum Gasteiger partial charge on any atom is -0.485 e. The van der Waals surface area contributed by atoms with Gasteiger partial charge < -0.3 is 19.0 Å². The lowest BCUT2D eigenvalue weighted by molar-refractivity contribution is -0.152. The first-order valence-corrected chi connectivity index (χ1v) is 9.25. The van der Waals surface area contributed by atoms with E-state index < -0.39 is 23.3 Å². The maximum Gasteiger partial charge on any atom is 0.416 e. The van der Waals surface area contributed by atoms with Crippen LogP contribution in [0.2, 0.25) is 0 Å². The van der Waals surface area contributed by atoms with E-state index in [2.05, 4.69) is 4.98 Å². The van der Waals surface area contributed by atoms with Crippen LogP contribution in [0.4, 0.5) is 13.2 Å². The number of aliphatic carboxylic acids is 1. The van der Waals surface area contributed by atoms with Crippen molar-refractivity contribution in [2.75, 3.05) is 0 Å². The highest BCUT2D eigenvalue weighted by atomic mass is 19.4. The summed E-state index contributed by atoms with van der Waals surface area (Å²) in [5, 5.41) is 9.17. The van der Waals surface area contributed by atoms with E-state index >= 15 is 0 Å². The Morgan fingerprint density at radius 3 is 2.35 bits per heavy atom. The molecule has 31 heavy (non-hydrogen) atoms. The van der Waals surface area contributed by atoms with Crippen LogP contribution in [-0.2, 0) is 17.6 Å². The van der Waals surface area contributed by atoms with Crippen LogP contribution < -0.4 is 9.47 Å². The Morgan fingerprint density at radius 1 is 1.10 bits per heavy atom. The lowest BCUT2D eigenvalue weighted by atomic mass is 10.1. The molecule has 9 heteroatoms. The molecule has 0 atom stereocenters. The second-order valence-corrected chi connectivity index (χ2v) is 7.28. The number of benzene rings is 2. The minimum absolute atomic E-state index is 0.0191. The highest BCUT2D eigenvalue weighted by Gasteiger charge is 2.30. The number of halogens is 3. The topological polar surface area (TPSA) is 81.8 Å².